The molecule has 0 atom stereocenters. The number of hydrogen-bond donors (Lipinski definition) is 1. The van der Waals surface area contributed by atoms with Gasteiger partial charge in [-0.05, 0) is 49.2 Å². The zero-order valence-corrected chi connectivity index (χ0v) is 16.4. The van der Waals surface area contributed by atoms with Gasteiger partial charge in [0.2, 0.25) is 0 Å². The number of benzene rings is 2. The van der Waals surface area contributed by atoms with Gasteiger partial charge < -0.3 is 14.8 Å². The van der Waals surface area contributed by atoms with Crippen molar-refractivity contribution in [3.8, 4) is 17.6 Å². The molecular formula is C20H19BrN2O3. The van der Waals surface area contributed by atoms with Gasteiger partial charge >= 0.3 is 0 Å². The Hall–Kier alpha value is -2.78. The van der Waals surface area contributed by atoms with E-state index in [1.807, 2.05) is 38.1 Å². The van der Waals surface area contributed by atoms with Crippen LogP contribution in [-0.4, -0.2) is 19.6 Å². The number of nitrogens with zero attached hydrogens (tertiary/aromatic N) is 1. The lowest BCUT2D eigenvalue weighted by atomic mass is 10.1. The largest absolute Gasteiger partial charge is 0.493 e. The van der Waals surface area contributed by atoms with Crippen LogP contribution in [0.1, 0.15) is 18.1 Å². The number of nitriles is 1. The summed E-state index contributed by atoms with van der Waals surface area (Å²) in [5, 5.41) is 12.2. The molecule has 26 heavy (non-hydrogen) atoms. The highest BCUT2D eigenvalue weighted by Gasteiger charge is 2.14. The molecule has 0 radical (unpaired) electrons. The molecule has 2 rings (SSSR count). The van der Waals surface area contributed by atoms with Crippen LogP contribution < -0.4 is 14.8 Å². The summed E-state index contributed by atoms with van der Waals surface area (Å²) in [6.45, 7) is 4.27. The van der Waals surface area contributed by atoms with E-state index in [1.165, 1.54) is 13.2 Å². The summed E-state index contributed by atoms with van der Waals surface area (Å²) >= 11 is 3.44. The first-order valence-electron chi connectivity index (χ1n) is 7.99. The molecule has 6 heteroatoms. The number of hydrogen-bond acceptors (Lipinski definition) is 4. The SMILES string of the molecule is CCOc1cc(Br)c(/C=C(/C#N)C(=O)Nc2ccccc2C)cc1OC. The number of aryl methyl sites for hydroxylation is 1. The van der Waals surface area contributed by atoms with Crippen molar-refractivity contribution < 1.29 is 14.3 Å². The molecule has 0 saturated carbocycles. The minimum Gasteiger partial charge on any atom is -0.493 e. The summed E-state index contributed by atoms with van der Waals surface area (Å²) in [5.74, 6) is 0.640. The number of halogens is 1. The summed E-state index contributed by atoms with van der Waals surface area (Å²) in [6, 6.07) is 12.8. The molecule has 2 aromatic rings. The third kappa shape index (κ3) is 4.64. The van der Waals surface area contributed by atoms with Crippen LogP contribution in [0, 0.1) is 18.3 Å². The average molecular weight is 415 g/mol. The fourth-order valence-corrected chi connectivity index (χ4v) is 2.73. The summed E-state index contributed by atoms with van der Waals surface area (Å²) in [4.78, 5) is 12.5. The van der Waals surface area contributed by atoms with Crippen molar-refractivity contribution in [3.05, 3.63) is 57.6 Å². The summed E-state index contributed by atoms with van der Waals surface area (Å²) < 4.78 is 11.5. The second-order valence-corrected chi connectivity index (χ2v) is 6.25. The molecule has 0 aliphatic carbocycles. The Morgan fingerprint density at radius 3 is 2.65 bits per heavy atom. The number of amides is 1. The highest BCUT2D eigenvalue weighted by Crippen LogP contribution is 2.34. The van der Waals surface area contributed by atoms with E-state index in [0.717, 1.165) is 5.56 Å². The Balaban J connectivity index is 2.35. The molecule has 0 aliphatic rings. The van der Waals surface area contributed by atoms with Crippen LogP contribution in [0.5, 0.6) is 11.5 Å². The molecule has 5 nitrogen and oxygen atoms in total. The highest BCUT2D eigenvalue weighted by atomic mass is 79.9. The quantitative estimate of drug-likeness (QED) is 0.548. The fraction of sp³-hybridized carbons (Fsp3) is 0.200. The van der Waals surface area contributed by atoms with Crippen molar-refractivity contribution in [1.29, 1.82) is 5.26 Å². The smallest absolute Gasteiger partial charge is 0.266 e. The molecule has 0 saturated heterocycles. The average Bonchev–Trinajstić information content (AvgIpc) is 2.63. The van der Waals surface area contributed by atoms with Gasteiger partial charge in [0.05, 0.1) is 13.7 Å². The second-order valence-electron chi connectivity index (χ2n) is 5.40. The maximum atomic E-state index is 12.5. The number of carbonyl (C=O) groups excluding carboxylic acids is 1. The monoisotopic (exact) mass is 414 g/mol. The fourth-order valence-electron chi connectivity index (χ4n) is 2.30. The minimum atomic E-state index is -0.471. The number of anilines is 1. The van der Waals surface area contributed by atoms with Gasteiger partial charge in [-0.25, -0.2) is 0 Å². The molecule has 0 aliphatic heterocycles. The lowest BCUT2D eigenvalue weighted by molar-refractivity contribution is -0.112. The van der Waals surface area contributed by atoms with Crippen LogP contribution in [0.4, 0.5) is 5.69 Å². The first kappa shape index (κ1) is 19.5. The molecule has 134 valence electrons. The van der Waals surface area contributed by atoms with Crippen LogP contribution in [-0.2, 0) is 4.79 Å². The number of carbonyl (C=O) groups is 1. The molecule has 0 unspecified atom stereocenters. The predicted octanol–water partition coefficient (Wildman–Crippen LogP) is 4.71. The first-order valence-corrected chi connectivity index (χ1v) is 8.78. The zero-order valence-electron chi connectivity index (χ0n) is 14.8. The van der Waals surface area contributed by atoms with Gasteiger partial charge in [0.1, 0.15) is 11.6 Å². The van der Waals surface area contributed by atoms with Crippen molar-refractivity contribution in [2.45, 2.75) is 13.8 Å². The summed E-state index contributed by atoms with van der Waals surface area (Å²) in [5.41, 5.74) is 2.21. The Morgan fingerprint density at radius 1 is 1.31 bits per heavy atom. The van der Waals surface area contributed by atoms with E-state index in [2.05, 4.69) is 21.2 Å². The lowest BCUT2D eigenvalue weighted by Gasteiger charge is -2.12. The third-order valence-electron chi connectivity index (χ3n) is 3.64. The zero-order chi connectivity index (χ0) is 19.1. The number of methoxy groups -OCH3 is 1. The highest BCUT2D eigenvalue weighted by molar-refractivity contribution is 9.10. The Labute approximate surface area is 161 Å². The maximum Gasteiger partial charge on any atom is 0.266 e. The van der Waals surface area contributed by atoms with Gasteiger partial charge in [-0.3, -0.25) is 4.79 Å². The van der Waals surface area contributed by atoms with Crippen molar-refractivity contribution in [2.24, 2.45) is 0 Å². The van der Waals surface area contributed by atoms with Crippen molar-refractivity contribution in [3.63, 3.8) is 0 Å². The molecule has 0 aromatic heterocycles. The number of ether oxygens (including phenoxy) is 2. The Morgan fingerprint density at radius 2 is 2.04 bits per heavy atom. The first-order chi connectivity index (χ1) is 12.5. The van der Waals surface area contributed by atoms with Gasteiger partial charge in [-0.1, -0.05) is 34.1 Å². The van der Waals surface area contributed by atoms with Crippen LogP contribution >= 0.6 is 15.9 Å². The Bertz CT molecular complexity index is 885. The van der Waals surface area contributed by atoms with Gasteiger partial charge in [-0.15, -0.1) is 0 Å². The molecule has 0 fully saturated rings. The number of rotatable bonds is 6. The van der Waals surface area contributed by atoms with E-state index in [-0.39, 0.29) is 5.57 Å². The molecule has 1 amide bonds. The molecule has 0 heterocycles. The molecular weight excluding hydrogens is 396 g/mol. The number of nitrogens with one attached hydrogen (secondary N) is 1. The molecule has 0 bridgehead atoms. The standard InChI is InChI=1S/C20H19BrN2O3/c1-4-26-19-11-16(21)14(10-18(19)25-3)9-15(12-22)20(24)23-17-8-6-5-7-13(17)2/h5-11H,4H2,1-3H3,(H,23,24)/b15-9-. The number of para-hydroxylation sites is 1. The van der Waals surface area contributed by atoms with Crippen LogP contribution in [0.2, 0.25) is 0 Å². The van der Waals surface area contributed by atoms with E-state index >= 15 is 0 Å². The molecule has 1 N–H and O–H groups in total. The topological polar surface area (TPSA) is 71.3 Å². The Kier molecular flexibility index (Phi) is 6.81. The normalized spacial score (nSPS) is 10.8. The summed E-state index contributed by atoms with van der Waals surface area (Å²) in [7, 11) is 1.54. The van der Waals surface area contributed by atoms with Crippen LogP contribution in [0.3, 0.4) is 0 Å². The van der Waals surface area contributed by atoms with E-state index in [9.17, 15) is 10.1 Å². The van der Waals surface area contributed by atoms with Gasteiger partial charge in [-0.2, -0.15) is 5.26 Å². The predicted molar refractivity (Wildman–Crippen MR) is 105 cm³/mol. The van der Waals surface area contributed by atoms with E-state index in [1.54, 1.807) is 18.2 Å². The summed E-state index contributed by atoms with van der Waals surface area (Å²) in [6.07, 6.45) is 1.51. The van der Waals surface area contributed by atoms with Gasteiger partial charge in [0.15, 0.2) is 11.5 Å². The van der Waals surface area contributed by atoms with Crippen molar-refractivity contribution >= 4 is 33.6 Å². The molecule has 2 aromatic carbocycles. The van der Waals surface area contributed by atoms with Crippen LogP contribution in [0.15, 0.2) is 46.4 Å². The van der Waals surface area contributed by atoms with E-state index in [4.69, 9.17) is 9.47 Å². The van der Waals surface area contributed by atoms with Crippen LogP contribution in [0.25, 0.3) is 6.08 Å². The lowest BCUT2D eigenvalue weighted by Crippen LogP contribution is -2.14. The van der Waals surface area contributed by atoms with Crippen molar-refractivity contribution in [1.82, 2.24) is 0 Å². The molecule has 0 spiro atoms. The third-order valence-corrected chi connectivity index (χ3v) is 4.33. The van der Waals surface area contributed by atoms with E-state index in [0.29, 0.717) is 33.8 Å². The van der Waals surface area contributed by atoms with Gasteiger partial charge in [0.25, 0.3) is 5.91 Å². The van der Waals surface area contributed by atoms with Crippen molar-refractivity contribution in [2.75, 3.05) is 19.0 Å². The van der Waals surface area contributed by atoms with E-state index < -0.39 is 5.91 Å². The maximum absolute atomic E-state index is 12.5. The second kappa shape index (κ2) is 9.07. The minimum absolute atomic E-state index is 0.0137. The van der Waals surface area contributed by atoms with Gasteiger partial charge in [0, 0.05) is 10.2 Å².